The predicted octanol–water partition coefficient (Wildman–Crippen LogP) is 3.75. The van der Waals surface area contributed by atoms with Gasteiger partial charge in [-0.05, 0) is 42.5 Å². The van der Waals surface area contributed by atoms with E-state index < -0.39 is 22.6 Å². The average molecular weight is 423 g/mol. The Morgan fingerprint density at radius 3 is 2.29 bits per heavy atom. The van der Waals surface area contributed by atoms with Gasteiger partial charge in [-0.15, -0.1) is 0 Å². The first-order chi connectivity index (χ1) is 14.9. The number of benzene rings is 2. The molecule has 1 fully saturated rings. The number of halogens is 1. The van der Waals surface area contributed by atoms with E-state index in [9.17, 15) is 24.1 Å². The maximum absolute atomic E-state index is 14.2. The average Bonchev–Trinajstić information content (AvgIpc) is 3.00. The molecule has 0 saturated carbocycles. The molecule has 0 radical (unpaired) electrons. The second-order valence-electron chi connectivity index (χ2n) is 7.99. The molecule has 2 aliphatic rings. The molecular weight excluding hydrogens is 401 g/mol. The van der Waals surface area contributed by atoms with Gasteiger partial charge in [0.1, 0.15) is 11.5 Å². The lowest BCUT2D eigenvalue weighted by Crippen LogP contribution is -2.38. The zero-order valence-corrected chi connectivity index (χ0v) is 17.1. The molecule has 0 aromatic heterocycles. The molecule has 0 unspecified atom stereocenters. The monoisotopic (exact) mass is 423 g/mol. The summed E-state index contributed by atoms with van der Waals surface area (Å²) >= 11 is 0. The molecule has 8 heteroatoms. The Morgan fingerprint density at radius 1 is 1.03 bits per heavy atom. The van der Waals surface area contributed by atoms with Crippen LogP contribution >= 0.6 is 0 Å². The van der Waals surface area contributed by atoms with E-state index in [1.807, 2.05) is 4.90 Å². The third-order valence-electron chi connectivity index (χ3n) is 5.90. The second kappa shape index (κ2) is 8.29. The van der Waals surface area contributed by atoms with Crippen LogP contribution in [0.15, 0.2) is 54.2 Å². The Labute approximate surface area is 178 Å². The van der Waals surface area contributed by atoms with Crippen molar-refractivity contribution < 1.29 is 18.9 Å². The van der Waals surface area contributed by atoms with Gasteiger partial charge >= 0.3 is 0 Å². The standard InChI is InChI=1S/C23H22FN3O4/c1-15-10-12-25(13-11-15)21-20(16-6-8-18(9-7-16)27(30)31)22(28)26(23(21)29)14-17-4-2-3-5-19(17)24/h2-9,15H,10-14H2,1H3. The van der Waals surface area contributed by atoms with Gasteiger partial charge in [0.25, 0.3) is 17.5 Å². The van der Waals surface area contributed by atoms with E-state index in [1.54, 1.807) is 18.2 Å². The van der Waals surface area contributed by atoms with Gasteiger partial charge in [-0.25, -0.2) is 4.39 Å². The van der Waals surface area contributed by atoms with Crippen molar-refractivity contribution >= 4 is 23.1 Å². The van der Waals surface area contributed by atoms with Crippen LogP contribution in [-0.2, 0) is 16.1 Å². The number of amides is 2. The van der Waals surface area contributed by atoms with E-state index in [1.165, 1.54) is 30.3 Å². The van der Waals surface area contributed by atoms with Crippen LogP contribution in [0.3, 0.4) is 0 Å². The molecule has 0 N–H and O–H groups in total. The molecule has 2 aromatic carbocycles. The molecule has 2 aromatic rings. The maximum Gasteiger partial charge on any atom is 0.278 e. The highest BCUT2D eigenvalue weighted by molar-refractivity contribution is 6.35. The van der Waals surface area contributed by atoms with Crippen molar-refractivity contribution in [2.75, 3.05) is 13.1 Å². The summed E-state index contributed by atoms with van der Waals surface area (Å²) < 4.78 is 14.2. The fourth-order valence-corrected chi connectivity index (χ4v) is 4.04. The fraction of sp³-hybridized carbons (Fsp3) is 0.304. The largest absolute Gasteiger partial charge is 0.366 e. The van der Waals surface area contributed by atoms with Gasteiger partial charge in [-0.3, -0.25) is 24.6 Å². The summed E-state index contributed by atoms with van der Waals surface area (Å²) in [4.78, 5) is 40.1. The van der Waals surface area contributed by atoms with Crippen LogP contribution in [0.25, 0.3) is 5.57 Å². The van der Waals surface area contributed by atoms with Crippen molar-refractivity contribution in [1.29, 1.82) is 0 Å². The molecule has 2 aliphatic heterocycles. The molecule has 2 heterocycles. The number of rotatable bonds is 5. The molecule has 0 bridgehead atoms. The zero-order chi connectivity index (χ0) is 22.1. The Kier molecular flexibility index (Phi) is 5.54. The van der Waals surface area contributed by atoms with Crippen molar-refractivity contribution in [2.45, 2.75) is 26.3 Å². The van der Waals surface area contributed by atoms with Crippen LogP contribution in [0, 0.1) is 21.8 Å². The lowest BCUT2D eigenvalue weighted by Gasteiger charge is -2.32. The minimum absolute atomic E-state index is 0.0994. The van der Waals surface area contributed by atoms with Crippen molar-refractivity contribution in [3.8, 4) is 0 Å². The molecule has 7 nitrogen and oxygen atoms in total. The van der Waals surface area contributed by atoms with Crippen molar-refractivity contribution in [2.24, 2.45) is 5.92 Å². The van der Waals surface area contributed by atoms with Crippen LogP contribution < -0.4 is 0 Å². The number of piperidine rings is 1. The first-order valence-electron chi connectivity index (χ1n) is 10.2. The van der Waals surface area contributed by atoms with Crippen molar-refractivity contribution in [1.82, 2.24) is 9.80 Å². The number of hydrogen-bond acceptors (Lipinski definition) is 5. The normalized spacial score (nSPS) is 17.6. The number of nitrogens with zero attached hydrogens (tertiary/aromatic N) is 3. The first-order valence-corrected chi connectivity index (χ1v) is 10.2. The summed E-state index contributed by atoms with van der Waals surface area (Å²) in [5.74, 6) is -0.937. The molecule has 1 saturated heterocycles. The summed E-state index contributed by atoms with van der Waals surface area (Å²) in [6.07, 6.45) is 1.79. The molecule has 0 atom stereocenters. The number of carbonyl (C=O) groups excluding carboxylic acids is 2. The van der Waals surface area contributed by atoms with Crippen molar-refractivity contribution in [3.63, 3.8) is 0 Å². The summed E-state index contributed by atoms with van der Waals surface area (Å²) in [6, 6.07) is 11.6. The van der Waals surface area contributed by atoms with Gasteiger partial charge < -0.3 is 4.90 Å². The van der Waals surface area contributed by atoms with Gasteiger partial charge in [0, 0.05) is 30.8 Å². The lowest BCUT2D eigenvalue weighted by molar-refractivity contribution is -0.384. The minimum atomic E-state index is -0.518. The van der Waals surface area contributed by atoms with Gasteiger partial charge in [-0.1, -0.05) is 25.1 Å². The van der Waals surface area contributed by atoms with Gasteiger partial charge in [0.2, 0.25) is 0 Å². The third-order valence-corrected chi connectivity index (χ3v) is 5.90. The van der Waals surface area contributed by atoms with Crippen LogP contribution in [-0.4, -0.2) is 39.6 Å². The number of imide groups is 1. The summed E-state index contributed by atoms with van der Waals surface area (Å²) in [5, 5.41) is 11.0. The molecule has 4 rings (SSSR count). The topological polar surface area (TPSA) is 83.8 Å². The molecule has 2 amide bonds. The van der Waals surface area contributed by atoms with Crippen LogP contribution in [0.1, 0.15) is 30.9 Å². The minimum Gasteiger partial charge on any atom is -0.366 e. The molecule has 31 heavy (non-hydrogen) atoms. The van der Waals surface area contributed by atoms with Crippen LogP contribution in [0.4, 0.5) is 10.1 Å². The smallest absolute Gasteiger partial charge is 0.278 e. The Morgan fingerprint density at radius 2 is 1.68 bits per heavy atom. The number of non-ortho nitro benzene ring substituents is 1. The van der Waals surface area contributed by atoms with Gasteiger partial charge in [0.05, 0.1) is 17.0 Å². The number of nitro groups is 1. The summed E-state index contributed by atoms with van der Waals surface area (Å²) in [7, 11) is 0. The van der Waals surface area contributed by atoms with Gasteiger partial charge in [-0.2, -0.15) is 0 Å². The van der Waals surface area contributed by atoms with Gasteiger partial charge in [0.15, 0.2) is 0 Å². The molecule has 160 valence electrons. The second-order valence-corrected chi connectivity index (χ2v) is 7.99. The van der Waals surface area contributed by atoms with E-state index in [4.69, 9.17) is 0 Å². The third kappa shape index (κ3) is 3.93. The van der Waals surface area contributed by atoms with E-state index in [0.717, 1.165) is 17.7 Å². The molecular formula is C23H22FN3O4. The number of likely N-dealkylation sites (tertiary alicyclic amines) is 1. The SMILES string of the molecule is CC1CCN(C2=C(c3ccc([N+](=O)[O-])cc3)C(=O)N(Cc3ccccc3F)C2=O)CC1. The van der Waals surface area contributed by atoms with Crippen molar-refractivity contribution in [3.05, 3.63) is 81.3 Å². The fourth-order valence-electron chi connectivity index (χ4n) is 4.04. The quantitative estimate of drug-likeness (QED) is 0.416. The molecule has 0 spiro atoms. The van der Waals surface area contributed by atoms with E-state index in [-0.39, 0.29) is 23.4 Å². The highest BCUT2D eigenvalue weighted by atomic mass is 19.1. The van der Waals surface area contributed by atoms with E-state index >= 15 is 0 Å². The summed E-state index contributed by atoms with van der Waals surface area (Å²) in [5.41, 5.74) is 1.10. The lowest BCUT2D eigenvalue weighted by atomic mass is 9.97. The Hall–Kier alpha value is -3.55. The Bertz CT molecular complexity index is 1070. The highest BCUT2D eigenvalue weighted by Crippen LogP contribution is 2.35. The Balaban J connectivity index is 1.74. The van der Waals surface area contributed by atoms with E-state index in [0.29, 0.717) is 30.3 Å². The zero-order valence-electron chi connectivity index (χ0n) is 17.1. The number of hydrogen-bond donors (Lipinski definition) is 0. The number of carbonyl (C=O) groups is 2. The van der Waals surface area contributed by atoms with E-state index in [2.05, 4.69) is 6.92 Å². The van der Waals surface area contributed by atoms with Crippen LogP contribution in [0.5, 0.6) is 0 Å². The molecule has 0 aliphatic carbocycles. The first kappa shape index (κ1) is 20.7. The summed E-state index contributed by atoms with van der Waals surface area (Å²) in [6.45, 7) is 3.25. The maximum atomic E-state index is 14.2. The van der Waals surface area contributed by atoms with Crippen LogP contribution in [0.2, 0.25) is 0 Å². The predicted molar refractivity (Wildman–Crippen MR) is 112 cm³/mol. The highest BCUT2D eigenvalue weighted by Gasteiger charge is 2.42. The number of nitro benzene ring substituents is 1.